The molecule has 0 heterocycles. The summed E-state index contributed by atoms with van der Waals surface area (Å²) in [6.07, 6.45) is 0. The third-order valence-electron chi connectivity index (χ3n) is 2.39. The molecule has 88 valence electrons. The molecule has 2 aromatic rings. The minimum absolute atomic E-state index is 0.352. The summed E-state index contributed by atoms with van der Waals surface area (Å²) < 4.78 is 18.8. The van der Waals surface area contributed by atoms with E-state index >= 15 is 0 Å². The highest BCUT2D eigenvalue weighted by atomic mass is 35.5. The van der Waals surface area contributed by atoms with Gasteiger partial charge >= 0.3 is 0 Å². The van der Waals surface area contributed by atoms with Gasteiger partial charge < -0.3 is 4.74 Å². The van der Waals surface area contributed by atoms with E-state index in [-0.39, 0.29) is 5.82 Å². The topological polar surface area (TPSA) is 9.23 Å². The maximum atomic E-state index is 13.7. The molecule has 0 aliphatic carbocycles. The zero-order valence-corrected chi connectivity index (χ0v) is 10.5. The second-order valence-electron chi connectivity index (χ2n) is 3.47. The quantitative estimate of drug-likeness (QED) is 0.761. The number of hydrogen-bond donors (Lipinski definition) is 0. The maximum absolute atomic E-state index is 13.7. The fourth-order valence-corrected chi connectivity index (χ4v) is 2.06. The van der Waals surface area contributed by atoms with Crippen LogP contribution >= 0.6 is 23.2 Å². The first-order valence-electron chi connectivity index (χ1n) is 4.91. The van der Waals surface area contributed by atoms with Gasteiger partial charge in [0.05, 0.1) is 7.11 Å². The number of ether oxygens (including phenoxy) is 1. The molecule has 0 N–H and O–H groups in total. The minimum atomic E-state index is -0.352. The third kappa shape index (κ3) is 2.54. The Morgan fingerprint density at radius 1 is 1.00 bits per heavy atom. The van der Waals surface area contributed by atoms with Crippen molar-refractivity contribution in [1.29, 1.82) is 0 Å². The van der Waals surface area contributed by atoms with Crippen LogP contribution in [0.1, 0.15) is 0 Å². The second kappa shape index (κ2) is 4.94. The van der Waals surface area contributed by atoms with E-state index in [0.717, 1.165) is 0 Å². The van der Waals surface area contributed by atoms with Crippen molar-refractivity contribution in [2.45, 2.75) is 0 Å². The van der Waals surface area contributed by atoms with Crippen molar-refractivity contribution in [1.82, 2.24) is 0 Å². The fraction of sp³-hybridized carbons (Fsp3) is 0.0769. The largest absolute Gasteiger partial charge is 0.497 e. The molecule has 0 aromatic heterocycles. The van der Waals surface area contributed by atoms with E-state index in [1.54, 1.807) is 30.3 Å². The Bertz CT molecular complexity index is 555. The molecule has 0 amide bonds. The smallest absolute Gasteiger partial charge is 0.131 e. The standard InChI is InChI=1S/C13H9Cl2FO/c1-17-9-3-5-13(16)11(7-9)10-4-2-8(14)6-12(10)15/h2-7H,1H3. The van der Waals surface area contributed by atoms with Crippen LogP contribution in [0.25, 0.3) is 11.1 Å². The van der Waals surface area contributed by atoms with Crippen molar-refractivity contribution in [3.63, 3.8) is 0 Å². The van der Waals surface area contributed by atoms with Gasteiger partial charge in [-0.05, 0) is 30.3 Å². The molecule has 2 aromatic carbocycles. The van der Waals surface area contributed by atoms with Crippen molar-refractivity contribution in [2.75, 3.05) is 7.11 Å². The SMILES string of the molecule is COc1ccc(F)c(-c2ccc(Cl)cc2Cl)c1. The molecule has 0 saturated carbocycles. The van der Waals surface area contributed by atoms with Gasteiger partial charge in [-0.2, -0.15) is 0 Å². The number of methoxy groups -OCH3 is 1. The lowest BCUT2D eigenvalue weighted by molar-refractivity contribution is 0.414. The molecule has 1 nitrogen and oxygen atoms in total. The Kier molecular flexibility index (Phi) is 3.55. The second-order valence-corrected chi connectivity index (χ2v) is 4.31. The number of rotatable bonds is 2. The van der Waals surface area contributed by atoms with Crippen molar-refractivity contribution in [3.8, 4) is 16.9 Å². The van der Waals surface area contributed by atoms with Crippen LogP contribution in [0.5, 0.6) is 5.75 Å². The lowest BCUT2D eigenvalue weighted by Gasteiger charge is -2.08. The van der Waals surface area contributed by atoms with Gasteiger partial charge in [-0.15, -0.1) is 0 Å². The third-order valence-corrected chi connectivity index (χ3v) is 2.94. The molecule has 0 aliphatic rings. The van der Waals surface area contributed by atoms with Crippen molar-refractivity contribution in [3.05, 3.63) is 52.3 Å². The molecule has 0 radical (unpaired) electrons. The Balaban J connectivity index is 2.59. The van der Waals surface area contributed by atoms with E-state index in [2.05, 4.69) is 0 Å². The average Bonchev–Trinajstić information content (AvgIpc) is 2.30. The van der Waals surface area contributed by atoms with E-state index in [4.69, 9.17) is 27.9 Å². The minimum Gasteiger partial charge on any atom is -0.497 e. The van der Waals surface area contributed by atoms with Gasteiger partial charge in [0.15, 0.2) is 0 Å². The first-order valence-corrected chi connectivity index (χ1v) is 5.66. The Hall–Kier alpha value is -1.25. The Labute approximate surface area is 109 Å². The predicted octanol–water partition coefficient (Wildman–Crippen LogP) is 4.81. The van der Waals surface area contributed by atoms with Gasteiger partial charge in [0.1, 0.15) is 11.6 Å². The van der Waals surface area contributed by atoms with Gasteiger partial charge in [0, 0.05) is 21.2 Å². The lowest BCUT2D eigenvalue weighted by Crippen LogP contribution is -1.89. The fourth-order valence-electron chi connectivity index (χ4n) is 1.55. The van der Waals surface area contributed by atoms with Gasteiger partial charge in [-0.1, -0.05) is 29.3 Å². The van der Waals surface area contributed by atoms with Crippen LogP contribution in [0, 0.1) is 5.82 Å². The highest BCUT2D eigenvalue weighted by molar-refractivity contribution is 6.36. The summed E-state index contributed by atoms with van der Waals surface area (Å²) >= 11 is 11.8. The Morgan fingerprint density at radius 2 is 1.76 bits per heavy atom. The molecule has 4 heteroatoms. The van der Waals surface area contributed by atoms with Crippen LogP contribution in [-0.2, 0) is 0 Å². The van der Waals surface area contributed by atoms with Crippen molar-refractivity contribution >= 4 is 23.2 Å². The molecule has 0 fully saturated rings. The van der Waals surface area contributed by atoms with Crippen LogP contribution in [0.4, 0.5) is 4.39 Å². The summed E-state index contributed by atoms with van der Waals surface area (Å²) in [7, 11) is 1.53. The number of halogens is 3. The van der Waals surface area contributed by atoms with Crippen LogP contribution in [0.3, 0.4) is 0 Å². The summed E-state index contributed by atoms with van der Waals surface area (Å²) in [6, 6.07) is 9.44. The number of benzene rings is 2. The van der Waals surface area contributed by atoms with E-state index in [1.807, 2.05) is 0 Å². The summed E-state index contributed by atoms with van der Waals surface area (Å²) in [5, 5.41) is 0.923. The molecule has 0 spiro atoms. The van der Waals surface area contributed by atoms with Gasteiger partial charge in [0.2, 0.25) is 0 Å². The zero-order chi connectivity index (χ0) is 12.4. The normalized spacial score (nSPS) is 10.4. The molecule has 0 aliphatic heterocycles. The van der Waals surface area contributed by atoms with Crippen LogP contribution in [-0.4, -0.2) is 7.11 Å². The lowest BCUT2D eigenvalue weighted by atomic mass is 10.0. The highest BCUT2D eigenvalue weighted by Crippen LogP contribution is 2.33. The molecule has 0 bridgehead atoms. The maximum Gasteiger partial charge on any atom is 0.131 e. The van der Waals surface area contributed by atoms with E-state index in [0.29, 0.717) is 26.9 Å². The van der Waals surface area contributed by atoms with E-state index in [1.165, 1.54) is 13.2 Å². The molecular formula is C13H9Cl2FO. The molecule has 0 unspecified atom stereocenters. The van der Waals surface area contributed by atoms with Crippen LogP contribution in [0.15, 0.2) is 36.4 Å². The summed E-state index contributed by atoms with van der Waals surface area (Å²) in [4.78, 5) is 0. The molecule has 0 atom stereocenters. The molecule has 0 saturated heterocycles. The van der Waals surface area contributed by atoms with Crippen molar-refractivity contribution in [2.24, 2.45) is 0 Å². The molecule has 17 heavy (non-hydrogen) atoms. The summed E-state index contributed by atoms with van der Waals surface area (Å²) in [6.45, 7) is 0. The van der Waals surface area contributed by atoms with E-state index < -0.39 is 0 Å². The first-order chi connectivity index (χ1) is 8.11. The average molecular weight is 271 g/mol. The number of hydrogen-bond acceptors (Lipinski definition) is 1. The van der Waals surface area contributed by atoms with E-state index in [9.17, 15) is 4.39 Å². The van der Waals surface area contributed by atoms with Gasteiger partial charge in [0.25, 0.3) is 0 Å². The van der Waals surface area contributed by atoms with Gasteiger partial charge in [-0.25, -0.2) is 4.39 Å². The monoisotopic (exact) mass is 270 g/mol. The highest BCUT2D eigenvalue weighted by Gasteiger charge is 2.10. The molecular weight excluding hydrogens is 262 g/mol. The Morgan fingerprint density at radius 3 is 2.41 bits per heavy atom. The first kappa shape index (κ1) is 12.2. The zero-order valence-electron chi connectivity index (χ0n) is 9.01. The van der Waals surface area contributed by atoms with Crippen LogP contribution < -0.4 is 4.74 Å². The predicted molar refractivity (Wildman–Crippen MR) is 68.4 cm³/mol. The summed E-state index contributed by atoms with van der Waals surface area (Å²) in [5.74, 6) is 0.224. The molecule has 2 rings (SSSR count). The van der Waals surface area contributed by atoms with Crippen LogP contribution in [0.2, 0.25) is 10.0 Å². The van der Waals surface area contributed by atoms with Crippen molar-refractivity contribution < 1.29 is 9.13 Å². The summed E-state index contributed by atoms with van der Waals surface area (Å²) in [5.41, 5.74) is 0.985. The van der Waals surface area contributed by atoms with Gasteiger partial charge in [-0.3, -0.25) is 0 Å².